The fraction of sp³-hybridized carbons (Fsp3) is 0.300. The predicted molar refractivity (Wildman–Crippen MR) is 114 cm³/mol. The third-order valence-electron chi connectivity index (χ3n) is 5.05. The molecule has 1 aliphatic rings. The quantitative estimate of drug-likeness (QED) is 0.291. The first-order valence-corrected chi connectivity index (χ1v) is 9.64. The van der Waals surface area contributed by atoms with Crippen LogP contribution in [-0.4, -0.2) is 17.3 Å². The molecule has 3 rings (SSSR count). The van der Waals surface area contributed by atoms with Crippen LogP contribution in [0, 0.1) is 0 Å². The smallest absolute Gasteiger partial charge is 0.265 e. The van der Waals surface area contributed by atoms with Crippen molar-refractivity contribution in [1.29, 1.82) is 0 Å². The number of rotatable bonds is 6. The number of nitrogens with one attached hydrogen (secondary N) is 4. The van der Waals surface area contributed by atoms with E-state index in [0.717, 1.165) is 29.9 Å². The molecule has 0 spiro atoms. The number of anilines is 1. The maximum absolute atomic E-state index is 11.8. The van der Waals surface area contributed by atoms with Crippen molar-refractivity contribution in [2.45, 2.75) is 38.8 Å². The molecule has 0 atom stereocenters. The number of nitrogens with zero attached hydrogens (tertiary/aromatic N) is 1. The van der Waals surface area contributed by atoms with Crippen LogP contribution in [0.3, 0.4) is 0 Å². The molecule has 7 nitrogen and oxygen atoms in total. The van der Waals surface area contributed by atoms with E-state index in [-0.39, 0.29) is 11.4 Å². The molecule has 6 N–H and O–H groups in total. The van der Waals surface area contributed by atoms with Gasteiger partial charge in [-0.3, -0.25) is 10.2 Å². The lowest BCUT2D eigenvalue weighted by atomic mass is 9.89. The summed E-state index contributed by atoms with van der Waals surface area (Å²) in [7, 11) is 0. The lowest BCUT2D eigenvalue weighted by molar-refractivity contribution is 0.0953. The van der Waals surface area contributed by atoms with Gasteiger partial charge in [0.2, 0.25) is 0 Å². The van der Waals surface area contributed by atoms with Gasteiger partial charge in [0.05, 0.1) is 16.9 Å². The third kappa shape index (κ3) is 4.11. The van der Waals surface area contributed by atoms with Crippen molar-refractivity contribution in [2.24, 2.45) is 10.8 Å². The normalized spacial score (nSPS) is 14.5. The zero-order chi connectivity index (χ0) is 20.1. The highest BCUT2D eigenvalue weighted by atomic mass is 35.5. The van der Waals surface area contributed by atoms with Gasteiger partial charge in [0, 0.05) is 17.1 Å². The number of fused-ring (bicyclic) bond motifs is 1. The monoisotopic (exact) mass is 400 g/mol. The average Bonchev–Trinajstić information content (AvgIpc) is 2.72. The van der Waals surface area contributed by atoms with E-state index in [1.807, 2.05) is 30.3 Å². The molecule has 1 aliphatic heterocycles. The van der Waals surface area contributed by atoms with Gasteiger partial charge in [0.15, 0.2) is 0 Å². The van der Waals surface area contributed by atoms with Crippen LogP contribution in [0.25, 0.3) is 0 Å². The van der Waals surface area contributed by atoms with Crippen LogP contribution in [-0.2, 0) is 6.54 Å². The Kier molecular flexibility index (Phi) is 6.18. The van der Waals surface area contributed by atoms with Crippen molar-refractivity contribution in [2.75, 3.05) is 5.32 Å². The summed E-state index contributed by atoms with van der Waals surface area (Å²) in [6.45, 7) is 4.82. The summed E-state index contributed by atoms with van der Waals surface area (Å²) < 4.78 is 0. The second-order valence-corrected chi connectivity index (χ2v) is 7.12. The number of carbonyl (C=O) groups excluding carboxylic acids is 1. The van der Waals surface area contributed by atoms with E-state index < -0.39 is 0 Å². The molecule has 2 aromatic carbocycles. The van der Waals surface area contributed by atoms with E-state index in [0.29, 0.717) is 22.8 Å². The number of hydrogen-bond acceptors (Lipinski definition) is 6. The highest BCUT2D eigenvalue weighted by Crippen LogP contribution is 2.36. The lowest BCUT2D eigenvalue weighted by Gasteiger charge is -2.39. The Balaban J connectivity index is 1.84. The standard InChI is InChI=1S/C20H25ClN6O/c1-3-20(4-2)19(27-23-12-13-6-5-7-15(21)10-13)24-17-11-14(18(28)26-22)8-9-16(17)25-20/h5-11,23,25H,3-4,12,22H2,1-2H3,(H,24,27)(H,26,28). The van der Waals surface area contributed by atoms with Crippen LogP contribution < -0.4 is 27.4 Å². The molecule has 2 aromatic rings. The predicted octanol–water partition coefficient (Wildman–Crippen LogP) is 3.25. The molecule has 0 saturated carbocycles. The fourth-order valence-electron chi connectivity index (χ4n) is 3.29. The number of nitrogens with two attached hydrogens (primary N) is 1. The van der Waals surface area contributed by atoms with Crippen LogP contribution >= 0.6 is 11.6 Å². The molecular weight excluding hydrogens is 376 g/mol. The van der Waals surface area contributed by atoms with E-state index in [1.165, 1.54) is 0 Å². The van der Waals surface area contributed by atoms with Crippen LogP contribution in [0.2, 0.25) is 5.02 Å². The van der Waals surface area contributed by atoms with Gasteiger partial charge in [0.1, 0.15) is 5.84 Å². The topological polar surface area (TPSA) is 104 Å². The zero-order valence-electron chi connectivity index (χ0n) is 16.0. The zero-order valence-corrected chi connectivity index (χ0v) is 16.7. The Hall–Kier alpha value is -2.61. The van der Waals surface area contributed by atoms with E-state index in [2.05, 4.69) is 35.4 Å². The molecule has 28 heavy (non-hydrogen) atoms. The maximum atomic E-state index is 11.8. The molecule has 0 radical (unpaired) electrons. The van der Waals surface area contributed by atoms with Crippen LogP contribution in [0.5, 0.6) is 0 Å². The summed E-state index contributed by atoms with van der Waals surface area (Å²) >= 11 is 6.05. The first-order chi connectivity index (χ1) is 13.5. The number of aliphatic imine (C=N–C) groups is 1. The Morgan fingerprint density at radius 2 is 2.00 bits per heavy atom. The van der Waals surface area contributed by atoms with Gasteiger partial charge in [-0.2, -0.15) is 0 Å². The molecule has 148 valence electrons. The molecule has 0 aromatic heterocycles. The van der Waals surface area contributed by atoms with Gasteiger partial charge in [0.25, 0.3) is 5.91 Å². The van der Waals surface area contributed by atoms with Crippen molar-refractivity contribution in [3.05, 3.63) is 58.6 Å². The van der Waals surface area contributed by atoms with Crippen molar-refractivity contribution in [1.82, 2.24) is 16.3 Å². The summed E-state index contributed by atoms with van der Waals surface area (Å²) in [5.74, 6) is 5.67. The Morgan fingerprint density at radius 3 is 2.68 bits per heavy atom. The minimum Gasteiger partial charge on any atom is -0.371 e. The molecule has 0 fully saturated rings. The average molecular weight is 401 g/mol. The summed E-state index contributed by atoms with van der Waals surface area (Å²) in [6.07, 6.45) is 1.69. The first kappa shape index (κ1) is 20.1. The summed E-state index contributed by atoms with van der Waals surface area (Å²) in [6, 6.07) is 13.0. The number of halogens is 1. The van der Waals surface area contributed by atoms with Gasteiger partial charge in [-0.25, -0.2) is 16.3 Å². The third-order valence-corrected chi connectivity index (χ3v) is 5.28. The van der Waals surface area contributed by atoms with Gasteiger partial charge >= 0.3 is 0 Å². The molecule has 0 unspecified atom stereocenters. The molecule has 1 amide bonds. The van der Waals surface area contributed by atoms with Crippen LogP contribution in [0.4, 0.5) is 11.4 Å². The number of carbonyl (C=O) groups is 1. The molecule has 1 heterocycles. The van der Waals surface area contributed by atoms with Crippen LogP contribution in [0.1, 0.15) is 42.6 Å². The van der Waals surface area contributed by atoms with Crippen molar-refractivity contribution in [3.8, 4) is 0 Å². The van der Waals surface area contributed by atoms with E-state index >= 15 is 0 Å². The lowest BCUT2D eigenvalue weighted by Crippen LogP contribution is -2.56. The van der Waals surface area contributed by atoms with E-state index in [9.17, 15) is 4.79 Å². The SMILES string of the molecule is CCC1(CC)Nc2ccc(C(=O)NN)cc2N=C1NNCc1cccc(Cl)c1. The molecule has 0 saturated heterocycles. The van der Waals surface area contributed by atoms with Gasteiger partial charge in [-0.1, -0.05) is 37.6 Å². The number of amides is 1. The fourth-order valence-corrected chi connectivity index (χ4v) is 3.50. The van der Waals surface area contributed by atoms with Gasteiger partial charge < -0.3 is 10.7 Å². The molecule has 0 bridgehead atoms. The highest BCUT2D eigenvalue weighted by Gasteiger charge is 2.36. The Bertz CT molecular complexity index is 894. The number of hydrazine groups is 2. The first-order valence-electron chi connectivity index (χ1n) is 9.27. The summed E-state index contributed by atoms with van der Waals surface area (Å²) in [5, 5.41) is 4.29. The second-order valence-electron chi connectivity index (χ2n) is 6.69. The molecular formula is C20H25ClN6O. The maximum Gasteiger partial charge on any atom is 0.265 e. The minimum atomic E-state index is -0.352. The van der Waals surface area contributed by atoms with Gasteiger partial charge in [-0.15, -0.1) is 0 Å². The number of hydrogen-bond donors (Lipinski definition) is 5. The van der Waals surface area contributed by atoms with E-state index in [1.54, 1.807) is 12.1 Å². The van der Waals surface area contributed by atoms with Crippen LogP contribution in [0.15, 0.2) is 47.5 Å². The van der Waals surface area contributed by atoms with Crippen molar-refractivity contribution < 1.29 is 4.79 Å². The number of amidine groups is 1. The molecule has 8 heteroatoms. The summed E-state index contributed by atoms with van der Waals surface area (Å²) in [4.78, 5) is 16.6. The highest BCUT2D eigenvalue weighted by molar-refractivity contribution is 6.30. The van der Waals surface area contributed by atoms with Gasteiger partial charge in [-0.05, 0) is 48.7 Å². The Morgan fingerprint density at radius 1 is 1.21 bits per heavy atom. The van der Waals surface area contributed by atoms with E-state index in [4.69, 9.17) is 22.4 Å². The number of nitrogen functional groups attached to an aromatic ring is 1. The van der Waals surface area contributed by atoms with Crippen molar-refractivity contribution >= 4 is 34.7 Å². The second kappa shape index (κ2) is 8.60. The molecule has 0 aliphatic carbocycles. The largest absolute Gasteiger partial charge is 0.371 e. The minimum absolute atomic E-state index is 0.327. The Labute approximate surface area is 169 Å². The summed E-state index contributed by atoms with van der Waals surface area (Å²) in [5.41, 5.74) is 11.4. The number of benzene rings is 2. The van der Waals surface area contributed by atoms with Crippen molar-refractivity contribution in [3.63, 3.8) is 0 Å².